The average Bonchev–Trinajstić information content (AvgIpc) is 3.16. The van der Waals surface area contributed by atoms with Crippen molar-refractivity contribution < 1.29 is 21.9 Å². The maximum Gasteiger partial charge on any atom is 0.290 e. The Morgan fingerprint density at radius 2 is 1.81 bits per heavy atom. The Balaban J connectivity index is 1.39. The molecule has 0 aromatic heterocycles. The normalized spacial score (nSPS) is 18.4. The number of amidine groups is 1. The van der Waals surface area contributed by atoms with Crippen molar-refractivity contribution in [3.63, 3.8) is 0 Å². The van der Waals surface area contributed by atoms with Gasteiger partial charge >= 0.3 is 0 Å². The first kappa shape index (κ1) is 20.4. The highest BCUT2D eigenvalue weighted by Gasteiger charge is 2.26. The minimum atomic E-state index is -4.20. The van der Waals surface area contributed by atoms with Gasteiger partial charge in [0.15, 0.2) is 0 Å². The summed E-state index contributed by atoms with van der Waals surface area (Å²) in [5.74, 6) is -1.94. The van der Waals surface area contributed by atoms with Gasteiger partial charge in [-0.2, -0.15) is 0 Å². The summed E-state index contributed by atoms with van der Waals surface area (Å²) in [6, 6.07) is 15.7. The standard InChI is InChI=1S/C23H19F2N3O3S/c24-15-10-16(25)12-17(11-15)32(29,30)28-22-7-3-6-20-19(22)13-31-23(26-20)27-21-9-8-14-4-1-2-5-18(14)21/h1-7,10-12,21,28H,8-9,13H2,(H,26,27). The molecule has 1 atom stereocenters. The van der Waals surface area contributed by atoms with E-state index in [-0.39, 0.29) is 18.3 Å². The van der Waals surface area contributed by atoms with E-state index < -0.39 is 26.6 Å². The molecule has 0 bridgehead atoms. The molecule has 0 spiro atoms. The number of hydrogen-bond donors (Lipinski definition) is 2. The molecule has 0 fully saturated rings. The Hall–Kier alpha value is -3.46. The predicted molar refractivity (Wildman–Crippen MR) is 117 cm³/mol. The zero-order valence-electron chi connectivity index (χ0n) is 16.8. The second-order valence-corrected chi connectivity index (χ2v) is 9.33. The van der Waals surface area contributed by atoms with Gasteiger partial charge < -0.3 is 10.1 Å². The summed E-state index contributed by atoms with van der Waals surface area (Å²) in [4.78, 5) is 4.21. The molecule has 0 radical (unpaired) electrons. The zero-order valence-corrected chi connectivity index (χ0v) is 17.6. The molecule has 1 heterocycles. The lowest BCUT2D eigenvalue weighted by molar-refractivity contribution is 0.283. The van der Waals surface area contributed by atoms with Crippen LogP contribution in [0.25, 0.3) is 0 Å². The van der Waals surface area contributed by atoms with Crippen molar-refractivity contribution in [2.45, 2.75) is 30.4 Å². The molecule has 0 saturated heterocycles. The van der Waals surface area contributed by atoms with Crippen molar-refractivity contribution >= 4 is 27.4 Å². The maximum absolute atomic E-state index is 13.5. The summed E-state index contributed by atoms with van der Waals surface area (Å²) in [7, 11) is -4.20. The Morgan fingerprint density at radius 3 is 2.62 bits per heavy atom. The summed E-state index contributed by atoms with van der Waals surface area (Å²) in [6.07, 6.45) is 1.85. The monoisotopic (exact) mass is 455 g/mol. The molecule has 164 valence electrons. The van der Waals surface area contributed by atoms with Crippen molar-refractivity contribution in [3.05, 3.63) is 89.0 Å². The van der Waals surface area contributed by atoms with E-state index in [0.717, 1.165) is 25.0 Å². The number of sulfonamides is 1. The third-order valence-electron chi connectivity index (χ3n) is 5.54. The van der Waals surface area contributed by atoms with Gasteiger partial charge in [-0.1, -0.05) is 30.3 Å². The van der Waals surface area contributed by atoms with Gasteiger partial charge in [-0.25, -0.2) is 22.2 Å². The number of halogens is 2. The quantitative estimate of drug-likeness (QED) is 0.595. The van der Waals surface area contributed by atoms with Crippen molar-refractivity contribution in [1.82, 2.24) is 0 Å². The van der Waals surface area contributed by atoms with Crippen molar-refractivity contribution in [1.29, 1.82) is 0 Å². The fraction of sp³-hybridized carbons (Fsp3) is 0.174. The van der Waals surface area contributed by atoms with Crippen molar-refractivity contribution in [2.75, 3.05) is 10.0 Å². The lowest BCUT2D eigenvalue weighted by Gasteiger charge is -2.24. The molecular formula is C23H19F2N3O3S. The number of nitrogens with zero attached hydrogens (tertiary/aromatic N) is 1. The molecule has 3 aromatic rings. The number of rotatable bonds is 4. The maximum atomic E-state index is 13.5. The second-order valence-electron chi connectivity index (χ2n) is 7.64. The fourth-order valence-electron chi connectivity index (χ4n) is 4.01. The predicted octanol–water partition coefficient (Wildman–Crippen LogP) is 4.75. The molecule has 32 heavy (non-hydrogen) atoms. The molecule has 0 amide bonds. The smallest absolute Gasteiger partial charge is 0.290 e. The van der Waals surface area contributed by atoms with E-state index in [4.69, 9.17) is 9.73 Å². The van der Waals surface area contributed by atoms with Gasteiger partial charge in [0.1, 0.15) is 18.2 Å². The van der Waals surface area contributed by atoms with Crippen LogP contribution in [0.1, 0.15) is 29.2 Å². The first-order valence-electron chi connectivity index (χ1n) is 10.1. The van der Waals surface area contributed by atoms with Gasteiger partial charge in [0.2, 0.25) is 0 Å². The molecule has 0 saturated carbocycles. The van der Waals surface area contributed by atoms with Crippen LogP contribution in [0.2, 0.25) is 0 Å². The first-order chi connectivity index (χ1) is 15.4. The highest BCUT2D eigenvalue weighted by Crippen LogP contribution is 2.35. The molecule has 1 aliphatic heterocycles. The van der Waals surface area contributed by atoms with Gasteiger partial charge in [-0.05, 0) is 48.2 Å². The van der Waals surface area contributed by atoms with Crippen LogP contribution < -0.4 is 10.0 Å². The number of benzene rings is 3. The Labute approximate surface area is 184 Å². The van der Waals surface area contributed by atoms with Crippen LogP contribution in [0.3, 0.4) is 0 Å². The second kappa shape index (κ2) is 7.90. The number of ether oxygens (including phenoxy) is 1. The molecule has 2 N–H and O–H groups in total. The summed E-state index contributed by atoms with van der Waals surface area (Å²) >= 11 is 0. The van der Waals surface area contributed by atoms with E-state index in [1.165, 1.54) is 11.1 Å². The van der Waals surface area contributed by atoms with Gasteiger partial charge in [-0.15, -0.1) is 0 Å². The van der Waals surface area contributed by atoms with Gasteiger partial charge in [-0.3, -0.25) is 4.72 Å². The van der Waals surface area contributed by atoms with E-state index in [9.17, 15) is 17.2 Å². The fourth-order valence-corrected chi connectivity index (χ4v) is 5.15. The first-order valence-corrected chi connectivity index (χ1v) is 11.5. The topological polar surface area (TPSA) is 79.8 Å². The molecule has 1 aliphatic carbocycles. The number of hydrogen-bond acceptors (Lipinski definition) is 4. The van der Waals surface area contributed by atoms with Crippen molar-refractivity contribution in [3.8, 4) is 0 Å². The van der Waals surface area contributed by atoms with E-state index in [2.05, 4.69) is 22.2 Å². The average molecular weight is 455 g/mol. The number of aryl methyl sites for hydroxylation is 1. The lowest BCUT2D eigenvalue weighted by Crippen LogP contribution is -2.25. The number of aliphatic imine (C=N–C) groups is 1. The van der Waals surface area contributed by atoms with Crippen LogP contribution in [0, 0.1) is 11.6 Å². The molecule has 6 nitrogen and oxygen atoms in total. The van der Waals surface area contributed by atoms with Gasteiger partial charge in [0.05, 0.1) is 22.3 Å². The molecular weight excluding hydrogens is 436 g/mol. The summed E-state index contributed by atoms with van der Waals surface area (Å²) in [5, 5.41) is 3.11. The van der Waals surface area contributed by atoms with E-state index in [1.807, 2.05) is 12.1 Å². The van der Waals surface area contributed by atoms with Crippen LogP contribution in [-0.2, 0) is 27.8 Å². The molecule has 9 heteroatoms. The number of fused-ring (bicyclic) bond motifs is 2. The Morgan fingerprint density at radius 1 is 1.03 bits per heavy atom. The highest BCUT2D eigenvalue weighted by atomic mass is 32.2. The van der Waals surface area contributed by atoms with E-state index in [1.54, 1.807) is 18.2 Å². The SMILES string of the molecule is O=S(=O)(Nc1cccc2c1COC(=NC1CCc3ccccc31)N2)c1cc(F)cc(F)c1. The third-order valence-corrected chi connectivity index (χ3v) is 6.88. The molecule has 3 aromatic carbocycles. The van der Waals surface area contributed by atoms with Crippen LogP contribution in [0.5, 0.6) is 0 Å². The van der Waals surface area contributed by atoms with Gasteiger partial charge in [0, 0.05) is 11.6 Å². The summed E-state index contributed by atoms with van der Waals surface area (Å²) in [6.45, 7) is 0.0890. The van der Waals surface area contributed by atoms with Crippen molar-refractivity contribution in [2.24, 2.45) is 4.99 Å². The minimum absolute atomic E-state index is 0.000177. The number of nitrogens with one attached hydrogen (secondary N) is 2. The van der Waals surface area contributed by atoms with Crippen LogP contribution in [0.15, 0.2) is 70.6 Å². The lowest BCUT2D eigenvalue weighted by atomic mass is 10.1. The Kier molecular flexibility index (Phi) is 5.05. The molecule has 2 aliphatic rings. The Bertz CT molecular complexity index is 1320. The molecule has 1 unspecified atom stereocenters. The van der Waals surface area contributed by atoms with Crippen LogP contribution >= 0.6 is 0 Å². The summed E-state index contributed by atoms with van der Waals surface area (Å²) < 4.78 is 60.5. The molecule has 5 rings (SSSR count). The van der Waals surface area contributed by atoms with Crippen LogP contribution in [0.4, 0.5) is 20.2 Å². The minimum Gasteiger partial charge on any atom is -0.460 e. The van der Waals surface area contributed by atoms with Gasteiger partial charge in [0.25, 0.3) is 16.0 Å². The van der Waals surface area contributed by atoms with E-state index in [0.29, 0.717) is 23.3 Å². The number of anilines is 2. The summed E-state index contributed by atoms with van der Waals surface area (Å²) in [5.41, 5.74) is 3.93. The third kappa shape index (κ3) is 3.91. The zero-order chi connectivity index (χ0) is 22.3. The van der Waals surface area contributed by atoms with E-state index >= 15 is 0 Å². The van der Waals surface area contributed by atoms with Crippen LogP contribution in [-0.4, -0.2) is 14.4 Å². The highest BCUT2D eigenvalue weighted by molar-refractivity contribution is 7.92. The largest absolute Gasteiger partial charge is 0.460 e.